The molecule has 2 fully saturated rings. The second-order valence-electron chi connectivity index (χ2n) is 4.52. The zero-order chi connectivity index (χ0) is 9.97. The van der Waals surface area contributed by atoms with Crippen LogP contribution in [0, 0.1) is 11.8 Å². The number of rotatable bonds is 2. The molecule has 14 heavy (non-hydrogen) atoms. The highest BCUT2D eigenvalue weighted by atomic mass is 16.1. The van der Waals surface area contributed by atoms with Gasteiger partial charge in [0.15, 0.2) is 0 Å². The quantitative estimate of drug-likeness (QED) is 0.689. The van der Waals surface area contributed by atoms with Crippen LogP contribution in [0.4, 0.5) is 0 Å². The molecule has 3 heteroatoms. The van der Waals surface area contributed by atoms with Gasteiger partial charge in [0.25, 0.3) is 0 Å². The topological polar surface area (TPSA) is 41.1 Å². The van der Waals surface area contributed by atoms with E-state index in [1.54, 1.807) is 0 Å². The Hall–Kier alpha value is -0.570. The number of nitrogens with one attached hydrogen (secondary N) is 2. The summed E-state index contributed by atoms with van der Waals surface area (Å²) in [4.78, 5) is 11.3. The van der Waals surface area contributed by atoms with Crippen LogP contribution >= 0.6 is 0 Å². The van der Waals surface area contributed by atoms with E-state index in [1.165, 1.54) is 19.3 Å². The van der Waals surface area contributed by atoms with Gasteiger partial charge in [-0.2, -0.15) is 0 Å². The molecule has 0 bridgehead atoms. The fourth-order valence-corrected chi connectivity index (χ4v) is 2.88. The van der Waals surface area contributed by atoms with Gasteiger partial charge in [-0.25, -0.2) is 0 Å². The average Bonchev–Trinajstić information content (AvgIpc) is 2.62. The second-order valence-corrected chi connectivity index (χ2v) is 4.52. The van der Waals surface area contributed by atoms with Crippen molar-refractivity contribution in [2.45, 2.75) is 38.6 Å². The van der Waals surface area contributed by atoms with E-state index in [2.05, 4.69) is 10.6 Å². The summed E-state index contributed by atoms with van der Waals surface area (Å²) in [6, 6.07) is 0.467. The van der Waals surface area contributed by atoms with E-state index in [9.17, 15) is 4.79 Å². The molecule has 1 saturated carbocycles. The van der Waals surface area contributed by atoms with E-state index in [4.69, 9.17) is 0 Å². The summed E-state index contributed by atoms with van der Waals surface area (Å²) >= 11 is 0. The van der Waals surface area contributed by atoms with Crippen molar-refractivity contribution in [3.63, 3.8) is 0 Å². The van der Waals surface area contributed by atoms with Gasteiger partial charge in [-0.05, 0) is 44.2 Å². The lowest BCUT2D eigenvalue weighted by Gasteiger charge is -2.30. The standard InChI is InChI=1S/C11H20N2O/c1-2-11(14)13-10-4-3-8-7-12-6-5-9(8)10/h8-10,12H,2-7H2,1H3,(H,13,14). The van der Waals surface area contributed by atoms with Crippen LogP contribution in [0.15, 0.2) is 0 Å². The highest BCUT2D eigenvalue weighted by Gasteiger charge is 2.37. The van der Waals surface area contributed by atoms with Gasteiger partial charge in [0.1, 0.15) is 0 Å². The predicted octanol–water partition coefficient (Wildman–Crippen LogP) is 0.901. The first-order valence-electron chi connectivity index (χ1n) is 5.81. The van der Waals surface area contributed by atoms with Crippen LogP contribution in [0.25, 0.3) is 0 Å². The van der Waals surface area contributed by atoms with Crippen LogP contribution < -0.4 is 10.6 Å². The van der Waals surface area contributed by atoms with Gasteiger partial charge in [-0.3, -0.25) is 4.79 Å². The molecule has 3 unspecified atom stereocenters. The summed E-state index contributed by atoms with van der Waals surface area (Å²) < 4.78 is 0. The number of piperidine rings is 1. The molecule has 2 aliphatic rings. The van der Waals surface area contributed by atoms with Gasteiger partial charge < -0.3 is 10.6 Å². The minimum atomic E-state index is 0.217. The maximum Gasteiger partial charge on any atom is 0.219 e. The first kappa shape index (κ1) is 9.97. The lowest BCUT2D eigenvalue weighted by molar-refractivity contribution is -0.121. The number of hydrogen-bond acceptors (Lipinski definition) is 2. The largest absolute Gasteiger partial charge is 0.353 e. The molecule has 0 radical (unpaired) electrons. The zero-order valence-electron chi connectivity index (χ0n) is 8.88. The summed E-state index contributed by atoms with van der Waals surface area (Å²) in [7, 11) is 0. The molecule has 1 aliphatic heterocycles. The molecule has 0 spiro atoms. The minimum absolute atomic E-state index is 0.217. The lowest BCUT2D eigenvalue weighted by Crippen LogP contribution is -2.43. The molecule has 0 aromatic rings. The number of carbonyl (C=O) groups is 1. The fraction of sp³-hybridized carbons (Fsp3) is 0.909. The molecule has 1 amide bonds. The van der Waals surface area contributed by atoms with Crippen molar-refractivity contribution in [2.75, 3.05) is 13.1 Å². The van der Waals surface area contributed by atoms with E-state index in [1.807, 2.05) is 6.92 Å². The number of amides is 1. The van der Waals surface area contributed by atoms with Crippen LogP contribution in [-0.2, 0) is 4.79 Å². The molecule has 3 atom stereocenters. The van der Waals surface area contributed by atoms with Gasteiger partial charge in [0.05, 0.1) is 0 Å². The molecule has 1 heterocycles. The molecule has 1 saturated heterocycles. The van der Waals surface area contributed by atoms with Gasteiger partial charge in [0.2, 0.25) is 5.91 Å². The summed E-state index contributed by atoms with van der Waals surface area (Å²) in [5, 5.41) is 6.59. The molecule has 80 valence electrons. The summed E-state index contributed by atoms with van der Waals surface area (Å²) in [5.41, 5.74) is 0. The lowest BCUT2D eigenvalue weighted by atomic mass is 9.87. The van der Waals surface area contributed by atoms with Crippen LogP contribution in [0.5, 0.6) is 0 Å². The van der Waals surface area contributed by atoms with E-state index >= 15 is 0 Å². The van der Waals surface area contributed by atoms with Crippen molar-refractivity contribution >= 4 is 5.91 Å². The molecular weight excluding hydrogens is 176 g/mol. The Morgan fingerprint density at radius 3 is 3.07 bits per heavy atom. The first-order chi connectivity index (χ1) is 6.81. The minimum Gasteiger partial charge on any atom is -0.353 e. The molecule has 2 rings (SSSR count). The van der Waals surface area contributed by atoms with Crippen LogP contribution in [0.1, 0.15) is 32.6 Å². The Morgan fingerprint density at radius 1 is 1.43 bits per heavy atom. The Balaban J connectivity index is 1.90. The van der Waals surface area contributed by atoms with Gasteiger partial charge in [0, 0.05) is 12.5 Å². The molecule has 0 aromatic carbocycles. The van der Waals surface area contributed by atoms with Crippen LogP contribution in [0.2, 0.25) is 0 Å². The average molecular weight is 196 g/mol. The van der Waals surface area contributed by atoms with Crippen LogP contribution in [0.3, 0.4) is 0 Å². The Kier molecular flexibility index (Phi) is 3.06. The smallest absolute Gasteiger partial charge is 0.219 e. The summed E-state index contributed by atoms with van der Waals surface area (Å²) in [6.07, 6.45) is 4.32. The molecule has 2 N–H and O–H groups in total. The number of hydrogen-bond donors (Lipinski definition) is 2. The van der Waals surface area contributed by atoms with Crippen molar-refractivity contribution in [3.05, 3.63) is 0 Å². The molecule has 0 aromatic heterocycles. The maximum atomic E-state index is 11.3. The van der Waals surface area contributed by atoms with Crippen LogP contribution in [-0.4, -0.2) is 25.0 Å². The Morgan fingerprint density at radius 2 is 2.29 bits per heavy atom. The molecular formula is C11H20N2O. The predicted molar refractivity (Wildman–Crippen MR) is 55.9 cm³/mol. The monoisotopic (exact) mass is 196 g/mol. The normalized spacial score (nSPS) is 36.5. The van der Waals surface area contributed by atoms with Crippen molar-refractivity contribution in [3.8, 4) is 0 Å². The van der Waals surface area contributed by atoms with E-state index in [-0.39, 0.29) is 5.91 Å². The zero-order valence-corrected chi connectivity index (χ0v) is 8.88. The fourth-order valence-electron chi connectivity index (χ4n) is 2.88. The van der Waals surface area contributed by atoms with Gasteiger partial charge in [-0.1, -0.05) is 6.92 Å². The Labute approximate surface area is 85.6 Å². The third-order valence-electron chi connectivity index (χ3n) is 3.70. The van der Waals surface area contributed by atoms with E-state index < -0.39 is 0 Å². The molecule has 1 aliphatic carbocycles. The SMILES string of the molecule is CCC(=O)NC1CCC2CNCCC21. The van der Waals surface area contributed by atoms with Crippen molar-refractivity contribution in [1.29, 1.82) is 0 Å². The van der Waals surface area contributed by atoms with Crippen molar-refractivity contribution in [2.24, 2.45) is 11.8 Å². The van der Waals surface area contributed by atoms with Gasteiger partial charge in [-0.15, -0.1) is 0 Å². The summed E-state index contributed by atoms with van der Waals surface area (Å²) in [5.74, 6) is 1.77. The second kappa shape index (κ2) is 4.30. The van der Waals surface area contributed by atoms with E-state index in [0.29, 0.717) is 12.5 Å². The van der Waals surface area contributed by atoms with Gasteiger partial charge >= 0.3 is 0 Å². The highest BCUT2D eigenvalue weighted by molar-refractivity contribution is 5.75. The van der Waals surface area contributed by atoms with Crippen molar-refractivity contribution in [1.82, 2.24) is 10.6 Å². The number of carbonyl (C=O) groups excluding carboxylic acids is 1. The third kappa shape index (κ3) is 1.92. The molecule has 3 nitrogen and oxygen atoms in total. The number of fused-ring (bicyclic) bond motifs is 1. The first-order valence-corrected chi connectivity index (χ1v) is 5.81. The van der Waals surface area contributed by atoms with Crippen molar-refractivity contribution < 1.29 is 4.79 Å². The Bertz CT molecular complexity index is 217. The highest BCUT2D eigenvalue weighted by Crippen LogP contribution is 2.35. The summed E-state index contributed by atoms with van der Waals surface area (Å²) in [6.45, 7) is 4.20. The maximum absolute atomic E-state index is 11.3. The third-order valence-corrected chi connectivity index (χ3v) is 3.70. The van der Waals surface area contributed by atoms with E-state index in [0.717, 1.165) is 24.9 Å².